The Morgan fingerprint density at radius 3 is 2.47 bits per heavy atom. The zero-order chi connectivity index (χ0) is 21.7. The van der Waals surface area contributed by atoms with Crippen LogP contribution >= 0.6 is 0 Å². The maximum Gasteiger partial charge on any atom is 0.416 e. The Morgan fingerprint density at radius 2 is 1.87 bits per heavy atom. The maximum absolute atomic E-state index is 12.6. The molecular weight excluding hydrogens is 399 g/mol. The molecular formula is C20H22F3N5O2. The number of carbonyl (C=O) groups is 2. The summed E-state index contributed by atoms with van der Waals surface area (Å²) in [5.41, 5.74) is 0.321. The average Bonchev–Trinajstić information content (AvgIpc) is 3.20. The van der Waals surface area contributed by atoms with Gasteiger partial charge in [-0.05, 0) is 36.6 Å². The Morgan fingerprint density at radius 1 is 1.20 bits per heavy atom. The van der Waals surface area contributed by atoms with E-state index in [-0.39, 0.29) is 18.5 Å². The summed E-state index contributed by atoms with van der Waals surface area (Å²) in [6.45, 7) is 4.82. The summed E-state index contributed by atoms with van der Waals surface area (Å²) in [4.78, 5) is 25.4. The molecule has 1 aliphatic rings. The highest BCUT2D eigenvalue weighted by Gasteiger charge is 2.30. The van der Waals surface area contributed by atoms with Gasteiger partial charge in [0.1, 0.15) is 0 Å². The summed E-state index contributed by atoms with van der Waals surface area (Å²) >= 11 is 0. The Hall–Kier alpha value is -3.30. The number of anilines is 1. The van der Waals surface area contributed by atoms with Gasteiger partial charge in [-0.1, -0.05) is 18.7 Å². The van der Waals surface area contributed by atoms with E-state index in [2.05, 4.69) is 22.3 Å². The van der Waals surface area contributed by atoms with E-state index >= 15 is 0 Å². The number of carbonyl (C=O) groups excluding carboxylic acids is 2. The second kappa shape index (κ2) is 9.02. The molecule has 2 aromatic rings. The van der Waals surface area contributed by atoms with E-state index in [1.807, 2.05) is 0 Å². The first-order chi connectivity index (χ1) is 14.3. The van der Waals surface area contributed by atoms with Crippen LogP contribution in [0.25, 0.3) is 0 Å². The van der Waals surface area contributed by atoms with Crippen molar-refractivity contribution in [1.29, 1.82) is 0 Å². The van der Waals surface area contributed by atoms with Gasteiger partial charge in [-0.3, -0.25) is 9.48 Å². The summed E-state index contributed by atoms with van der Waals surface area (Å²) in [6, 6.07) is 4.25. The van der Waals surface area contributed by atoms with Gasteiger partial charge in [-0.2, -0.15) is 18.3 Å². The molecule has 0 radical (unpaired) electrons. The molecule has 1 aliphatic heterocycles. The minimum Gasteiger partial charge on any atom is -0.339 e. The molecule has 10 heteroatoms. The highest BCUT2D eigenvalue weighted by atomic mass is 19.4. The Balaban J connectivity index is 1.47. The second-order valence-electron chi connectivity index (χ2n) is 6.97. The SMILES string of the molecule is C=CC(=O)N1CCC(n2cc(NC(=O)NCc3ccc(C(F)(F)F)cc3)cn2)CC1. The number of nitrogens with one attached hydrogen (secondary N) is 2. The molecule has 1 fully saturated rings. The summed E-state index contributed by atoms with van der Waals surface area (Å²) in [5.74, 6) is -0.0824. The van der Waals surface area contributed by atoms with E-state index in [0.717, 1.165) is 25.0 Å². The molecule has 3 amide bonds. The fraction of sp³-hybridized carbons (Fsp3) is 0.350. The molecule has 0 unspecified atom stereocenters. The normalized spacial score (nSPS) is 15.0. The number of nitrogens with zero attached hydrogens (tertiary/aromatic N) is 3. The molecule has 0 bridgehead atoms. The quantitative estimate of drug-likeness (QED) is 0.725. The lowest BCUT2D eigenvalue weighted by atomic mass is 10.1. The van der Waals surface area contributed by atoms with Crippen molar-refractivity contribution < 1.29 is 22.8 Å². The molecule has 1 saturated heterocycles. The van der Waals surface area contributed by atoms with Crippen molar-refractivity contribution in [2.75, 3.05) is 18.4 Å². The Kier molecular flexibility index (Phi) is 6.43. The zero-order valence-corrected chi connectivity index (χ0v) is 16.2. The molecule has 2 N–H and O–H groups in total. The molecule has 1 aromatic carbocycles. The lowest BCUT2D eigenvalue weighted by Crippen LogP contribution is -2.38. The molecule has 1 aromatic heterocycles. The number of urea groups is 1. The standard InChI is InChI=1S/C20H22F3N5O2/c1-2-18(29)27-9-7-17(8-10-27)28-13-16(12-25-28)26-19(30)24-11-14-3-5-15(6-4-14)20(21,22)23/h2-6,12-13,17H,1,7-11H2,(H2,24,26,30). The van der Waals surface area contributed by atoms with Crippen molar-refractivity contribution in [1.82, 2.24) is 20.0 Å². The van der Waals surface area contributed by atoms with Crippen LogP contribution in [0.4, 0.5) is 23.7 Å². The summed E-state index contributed by atoms with van der Waals surface area (Å²) < 4.78 is 39.5. The summed E-state index contributed by atoms with van der Waals surface area (Å²) in [6.07, 6.45) is 1.66. The third-order valence-corrected chi connectivity index (χ3v) is 4.92. The molecule has 0 aliphatic carbocycles. The van der Waals surface area contributed by atoms with Gasteiger partial charge in [0.15, 0.2) is 0 Å². The number of halogens is 3. The van der Waals surface area contributed by atoms with Gasteiger partial charge in [0.2, 0.25) is 5.91 Å². The van der Waals surface area contributed by atoms with Crippen LogP contribution in [-0.2, 0) is 17.5 Å². The number of benzene rings is 1. The lowest BCUT2D eigenvalue weighted by Gasteiger charge is -2.31. The van der Waals surface area contributed by atoms with Gasteiger partial charge in [-0.15, -0.1) is 0 Å². The molecule has 0 atom stereocenters. The van der Waals surface area contributed by atoms with E-state index < -0.39 is 17.8 Å². The van der Waals surface area contributed by atoms with Crippen molar-refractivity contribution in [3.05, 3.63) is 60.4 Å². The van der Waals surface area contributed by atoms with Crippen LogP contribution in [0.15, 0.2) is 49.3 Å². The van der Waals surface area contributed by atoms with Crippen LogP contribution in [0.3, 0.4) is 0 Å². The van der Waals surface area contributed by atoms with Crippen LogP contribution in [0.1, 0.15) is 30.0 Å². The highest BCUT2D eigenvalue weighted by molar-refractivity contribution is 5.88. The number of aromatic nitrogens is 2. The number of alkyl halides is 3. The monoisotopic (exact) mass is 421 g/mol. The van der Waals surface area contributed by atoms with Crippen molar-refractivity contribution in [2.24, 2.45) is 0 Å². The van der Waals surface area contributed by atoms with E-state index in [1.54, 1.807) is 15.8 Å². The first kappa shape index (κ1) is 21.4. The van der Waals surface area contributed by atoms with E-state index in [1.165, 1.54) is 24.4 Å². The number of hydrogen-bond acceptors (Lipinski definition) is 3. The molecule has 30 heavy (non-hydrogen) atoms. The highest BCUT2D eigenvalue weighted by Crippen LogP contribution is 2.29. The largest absolute Gasteiger partial charge is 0.416 e. The van der Waals surface area contributed by atoms with E-state index in [9.17, 15) is 22.8 Å². The van der Waals surface area contributed by atoms with Gasteiger partial charge < -0.3 is 15.5 Å². The van der Waals surface area contributed by atoms with Crippen molar-refractivity contribution in [2.45, 2.75) is 31.6 Å². The smallest absolute Gasteiger partial charge is 0.339 e. The van der Waals surface area contributed by atoms with Gasteiger partial charge >= 0.3 is 12.2 Å². The number of piperidine rings is 1. The van der Waals surface area contributed by atoms with Gasteiger partial charge in [0.05, 0.1) is 23.5 Å². The molecule has 0 spiro atoms. The fourth-order valence-electron chi connectivity index (χ4n) is 3.25. The third kappa shape index (κ3) is 5.40. The minimum atomic E-state index is -4.39. The van der Waals surface area contributed by atoms with Crippen molar-refractivity contribution >= 4 is 17.6 Å². The number of likely N-dealkylation sites (tertiary alicyclic amines) is 1. The van der Waals surface area contributed by atoms with Crippen LogP contribution in [0, 0.1) is 0 Å². The fourth-order valence-corrected chi connectivity index (χ4v) is 3.25. The first-order valence-electron chi connectivity index (χ1n) is 9.43. The predicted octanol–water partition coefficient (Wildman–Crippen LogP) is 3.57. The van der Waals surface area contributed by atoms with Crippen molar-refractivity contribution in [3.8, 4) is 0 Å². The van der Waals surface area contributed by atoms with Crippen LogP contribution < -0.4 is 10.6 Å². The molecule has 2 heterocycles. The van der Waals surface area contributed by atoms with Crippen LogP contribution in [-0.4, -0.2) is 39.7 Å². The van der Waals surface area contributed by atoms with Crippen LogP contribution in [0.2, 0.25) is 0 Å². The third-order valence-electron chi connectivity index (χ3n) is 4.92. The Bertz CT molecular complexity index is 900. The summed E-state index contributed by atoms with van der Waals surface area (Å²) in [7, 11) is 0. The van der Waals surface area contributed by atoms with Gasteiger partial charge in [0, 0.05) is 25.8 Å². The lowest BCUT2D eigenvalue weighted by molar-refractivity contribution is -0.137. The predicted molar refractivity (Wildman–Crippen MR) is 105 cm³/mol. The topological polar surface area (TPSA) is 79.3 Å². The molecule has 0 saturated carbocycles. The van der Waals surface area contributed by atoms with E-state index in [4.69, 9.17) is 0 Å². The molecule has 3 rings (SSSR count). The molecule has 7 nitrogen and oxygen atoms in total. The number of hydrogen-bond donors (Lipinski definition) is 2. The average molecular weight is 421 g/mol. The van der Waals surface area contributed by atoms with Crippen LogP contribution in [0.5, 0.6) is 0 Å². The molecule has 160 valence electrons. The first-order valence-corrected chi connectivity index (χ1v) is 9.43. The van der Waals surface area contributed by atoms with Gasteiger partial charge in [0.25, 0.3) is 0 Å². The minimum absolute atomic E-state index is 0.0824. The second-order valence-corrected chi connectivity index (χ2v) is 6.97. The number of amides is 3. The van der Waals surface area contributed by atoms with Crippen molar-refractivity contribution in [3.63, 3.8) is 0 Å². The summed E-state index contributed by atoms with van der Waals surface area (Å²) in [5, 5.41) is 9.53. The zero-order valence-electron chi connectivity index (χ0n) is 16.2. The Labute approximate surface area is 171 Å². The maximum atomic E-state index is 12.6. The van der Waals surface area contributed by atoms with E-state index in [0.29, 0.717) is 24.3 Å². The number of rotatable bonds is 5. The van der Waals surface area contributed by atoms with Gasteiger partial charge in [-0.25, -0.2) is 4.79 Å².